The molecule has 0 spiro atoms. The highest BCUT2D eigenvalue weighted by Crippen LogP contribution is 2.36. The second-order valence-corrected chi connectivity index (χ2v) is 15.9. The predicted molar refractivity (Wildman–Crippen MR) is 143 cm³/mol. The van der Waals surface area contributed by atoms with Crippen LogP contribution in [-0.2, 0) is 9.22 Å². The van der Waals surface area contributed by atoms with E-state index in [-0.39, 0.29) is 23.5 Å². The lowest BCUT2D eigenvalue weighted by molar-refractivity contribution is -0.125. The van der Waals surface area contributed by atoms with Crippen molar-refractivity contribution in [2.75, 3.05) is 71.0 Å². The number of para-hydroxylation sites is 2. The van der Waals surface area contributed by atoms with Crippen molar-refractivity contribution >= 4 is 25.9 Å². The van der Waals surface area contributed by atoms with Crippen LogP contribution < -0.4 is 9.64 Å². The Labute approximate surface area is 212 Å². The number of methoxy groups -OCH3 is 1. The van der Waals surface area contributed by atoms with Crippen LogP contribution in [0.5, 0.6) is 5.75 Å². The van der Waals surface area contributed by atoms with Crippen LogP contribution in [0.3, 0.4) is 0 Å². The number of unbranched alkanes of at least 4 members (excludes halogenated alkanes) is 1. The lowest BCUT2D eigenvalue weighted by Gasteiger charge is -2.36. The van der Waals surface area contributed by atoms with E-state index in [1.807, 2.05) is 18.2 Å². The molecule has 2 aliphatic heterocycles. The summed E-state index contributed by atoms with van der Waals surface area (Å²) < 4.78 is 11.7. The number of hydrogen-bond donors (Lipinski definition) is 0. The maximum atomic E-state index is 12.7. The number of anilines is 1. The summed E-state index contributed by atoms with van der Waals surface area (Å²) >= 11 is 0. The summed E-state index contributed by atoms with van der Waals surface area (Å²) in [6, 6.07) is 8.00. The van der Waals surface area contributed by atoms with E-state index >= 15 is 0 Å². The van der Waals surface area contributed by atoms with Gasteiger partial charge in [-0.3, -0.25) is 14.6 Å². The quantitative estimate of drug-likeness (QED) is 0.259. The third-order valence-corrected chi connectivity index (χ3v) is 12.2. The van der Waals surface area contributed by atoms with Gasteiger partial charge in [-0.1, -0.05) is 32.9 Å². The van der Waals surface area contributed by atoms with Gasteiger partial charge in [0.1, 0.15) is 12.3 Å². The molecule has 1 aromatic rings. The Morgan fingerprint density at radius 2 is 1.60 bits per heavy atom. The Kier molecular flexibility index (Phi) is 9.23. The van der Waals surface area contributed by atoms with Crippen molar-refractivity contribution in [1.82, 2.24) is 14.7 Å². The number of piperazine rings is 1. The van der Waals surface area contributed by atoms with Crippen molar-refractivity contribution in [3.63, 3.8) is 0 Å². The van der Waals surface area contributed by atoms with Crippen LogP contribution >= 0.6 is 0 Å². The Hall–Kier alpha value is -2.10. The zero-order chi connectivity index (χ0) is 25.6. The molecule has 0 unspecified atom stereocenters. The normalized spacial score (nSPS) is 18.1. The average Bonchev–Trinajstić information content (AvgIpc) is 3.08. The van der Waals surface area contributed by atoms with Gasteiger partial charge in [0, 0.05) is 39.3 Å². The smallest absolute Gasteiger partial charge is 0.327 e. The van der Waals surface area contributed by atoms with E-state index in [2.05, 4.69) is 49.7 Å². The first-order chi connectivity index (χ1) is 16.5. The van der Waals surface area contributed by atoms with Crippen molar-refractivity contribution in [2.24, 2.45) is 0 Å². The van der Waals surface area contributed by atoms with Crippen LogP contribution in [0.15, 0.2) is 24.3 Å². The number of amides is 3. The molecule has 35 heavy (non-hydrogen) atoms. The summed E-state index contributed by atoms with van der Waals surface area (Å²) in [5.41, 5.74) is 1.15. The van der Waals surface area contributed by atoms with E-state index in [0.717, 1.165) is 57.0 Å². The number of urea groups is 1. The number of carbonyl (C=O) groups excluding carboxylic acids is 2. The van der Waals surface area contributed by atoms with Gasteiger partial charge in [0.05, 0.1) is 19.4 Å². The molecule has 2 heterocycles. The lowest BCUT2D eigenvalue weighted by atomic mass is 10.2. The van der Waals surface area contributed by atoms with E-state index in [1.165, 1.54) is 4.90 Å². The van der Waals surface area contributed by atoms with Crippen LogP contribution in [0.4, 0.5) is 10.5 Å². The molecule has 0 atom stereocenters. The topological polar surface area (TPSA) is 65.6 Å². The van der Waals surface area contributed by atoms with Gasteiger partial charge < -0.3 is 19.0 Å². The third-order valence-electron chi connectivity index (χ3n) is 7.66. The van der Waals surface area contributed by atoms with Crippen LogP contribution in [0.1, 0.15) is 33.6 Å². The molecule has 0 aromatic heterocycles. The van der Waals surface area contributed by atoms with Gasteiger partial charge in [-0.25, -0.2) is 4.79 Å². The summed E-state index contributed by atoms with van der Waals surface area (Å²) in [4.78, 5) is 33.1. The lowest BCUT2D eigenvalue weighted by Crippen LogP contribution is -2.46. The highest BCUT2D eigenvalue weighted by atomic mass is 28.4. The molecule has 196 valence electrons. The molecule has 3 rings (SSSR count). The highest BCUT2D eigenvalue weighted by Gasteiger charge is 2.39. The average molecular weight is 505 g/mol. The maximum Gasteiger partial charge on any atom is 0.327 e. The van der Waals surface area contributed by atoms with Gasteiger partial charge in [-0.2, -0.15) is 0 Å². The van der Waals surface area contributed by atoms with Crippen molar-refractivity contribution in [3.8, 4) is 5.75 Å². The van der Waals surface area contributed by atoms with Gasteiger partial charge in [0.25, 0.3) is 0 Å². The molecular weight excluding hydrogens is 460 g/mol. The van der Waals surface area contributed by atoms with Gasteiger partial charge >= 0.3 is 6.03 Å². The Bertz CT molecular complexity index is 865. The number of benzene rings is 1. The minimum atomic E-state index is -1.85. The Morgan fingerprint density at radius 1 is 0.943 bits per heavy atom. The number of nitrogens with zero attached hydrogens (tertiary/aromatic N) is 4. The van der Waals surface area contributed by atoms with E-state index in [4.69, 9.17) is 9.16 Å². The summed E-state index contributed by atoms with van der Waals surface area (Å²) in [7, 11) is -0.139. The number of hydrogen-bond acceptors (Lipinski definition) is 6. The standard InChI is InChI=1S/C26H44N4O4Si/c1-26(2,3)35(5,6)34-20-19-29-21-24(31)30(25(29)32)14-10-9-13-27-15-17-28(18-16-27)22-11-7-8-12-23(22)33-4/h7-8,11-12H,9-10,13-21H2,1-6H3. The fourth-order valence-electron chi connectivity index (χ4n) is 4.32. The zero-order valence-electron chi connectivity index (χ0n) is 22.5. The minimum absolute atomic E-state index is 0.0900. The summed E-state index contributed by atoms with van der Waals surface area (Å²) in [6.07, 6.45) is 1.80. The fraction of sp³-hybridized carbons (Fsp3) is 0.692. The van der Waals surface area contributed by atoms with Crippen LogP contribution in [0, 0.1) is 0 Å². The second kappa shape index (κ2) is 11.8. The second-order valence-electron chi connectivity index (χ2n) is 11.1. The van der Waals surface area contributed by atoms with E-state index in [9.17, 15) is 9.59 Å². The minimum Gasteiger partial charge on any atom is -0.495 e. The van der Waals surface area contributed by atoms with Gasteiger partial charge in [0.15, 0.2) is 8.32 Å². The first-order valence-electron chi connectivity index (χ1n) is 12.9. The molecule has 2 aliphatic rings. The van der Waals surface area contributed by atoms with Crippen molar-refractivity contribution in [3.05, 3.63) is 24.3 Å². The van der Waals surface area contributed by atoms with E-state index in [1.54, 1.807) is 12.0 Å². The number of imide groups is 1. The molecule has 0 aliphatic carbocycles. The molecule has 0 radical (unpaired) electrons. The van der Waals surface area contributed by atoms with Crippen LogP contribution in [-0.4, -0.2) is 101 Å². The van der Waals surface area contributed by atoms with E-state index in [0.29, 0.717) is 19.7 Å². The third kappa shape index (κ3) is 6.98. The number of ether oxygens (including phenoxy) is 1. The Morgan fingerprint density at radius 3 is 2.26 bits per heavy atom. The first-order valence-corrected chi connectivity index (χ1v) is 15.8. The SMILES string of the molecule is COc1ccccc1N1CCN(CCCCN2C(=O)CN(CCO[Si](C)(C)C(C)(C)C)C2=O)CC1. The molecule has 0 N–H and O–H groups in total. The number of rotatable bonds is 11. The fourth-order valence-corrected chi connectivity index (χ4v) is 5.36. The van der Waals surface area contributed by atoms with E-state index < -0.39 is 8.32 Å². The molecule has 0 saturated carbocycles. The van der Waals surface area contributed by atoms with Gasteiger partial charge in [0.2, 0.25) is 5.91 Å². The van der Waals surface area contributed by atoms with Gasteiger partial charge in [-0.05, 0) is 49.7 Å². The molecule has 1 aromatic carbocycles. The molecule has 9 heteroatoms. The molecular formula is C26H44N4O4Si. The monoisotopic (exact) mass is 504 g/mol. The van der Waals surface area contributed by atoms with Crippen molar-refractivity contribution in [1.29, 1.82) is 0 Å². The predicted octanol–water partition coefficient (Wildman–Crippen LogP) is 3.88. The molecule has 2 saturated heterocycles. The first kappa shape index (κ1) is 27.5. The molecule has 0 bridgehead atoms. The van der Waals surface area contributed by atoms with Crippen LogP contribution in [0.2, 0.25) is 18.1 Å². The van der Waals surface area contributed by atoms with Crippen molar-refractivity contribution < 1.29 is 18.8 Å². The molecule has 3 amide bonds. The van der Waals surface area contributed by atoms with Crippen LogP contribution in [0.25, 0.3) is 0 Å². The largest absolute Gasteiger partial charge is 0.495 e. The molecule has 8 nitrogen and oxygen atoms in total. The summed E-state index contributed by atoms with van der Waals surface area (Å²) in [5.74, 6) is 0.828. The molecule has 2 fully saturated rings. The highest BCUT2D eigenvalue weighted by molar-refractivity contribution is 6.74. The summed E-state index contributed by atoms with van der Waals surface area (Å²) in [6.45, 7) is 17.6. The number of carbonyl (C=O) groups is 2. The Balaban J connectivity index is 1.35. The summed E-state index contributed by atoms with van der Waals surface area (Å²) in [5, 5.41) is 0.130. The van der Waals surface area contributed by atoms with Crippen molar-refractivity contribution in [2.45, 2.75) is 51.7 Å². The maximum absolute atomic E-state index is 12.7. The zero-order valence-corrected chi connectivity index (χ0v) is 23.5. The van der Waals surface area contributed by atoms with Gasteiger partial charge in [-0.15, -0.1) is 0 Å².